The topological polar surface area (TPSA) is 47.3 Å². The van der Waals surface area contributed by atoms with Gasteiger partial charge in [0, 0.05) is 12.0 Å². The van der Waals surface area contributed by atoms with Crippen LogP contribution in [-0.4, -0.2) is 22.0 Å². The van der Waals surface area contributed by atoms with E-state index < -0.39 is 11.7 Å². The average molecular weight is 348 g/mol. The molecule has 4 nitrogen and oxygen atoms in total. The zero-order valence-corrected chi connectivity index (χ0v) is 13.3. The summed E-state index contributed by atoms with van der Waals surface area (Å²) < 4.78 is 44.7. The second kappa shape index (κ2) is 6.51. The van der Waals surface area contributed by atoms with Crippen molar-refractivity contribution in [3.63, 3.8) is 0 Å². The summed E-state index contributed by atoms with van der Waals surface area (Å²) in [5.74, 6) is 0.530. The molecule has 1 heterocycles. The predicted octanol–water partition coefficient (Wildman–Crippen LogP) is 4.20. The normalized spacial score (nSPS) is 11.5. The van der Waals surface area contributed by atoms with E-state index in [0.717, 1.165) is 22.4 Å². The highest BCUT2D eigenvalue weighted by Gasteiger charge is 2.30. The van der Waals surface area contributed by atoms with Gasteiger partial charge in [-0.3, -0.25) is 0 Å². The Labute approximate surface area is 142 Å². The van der Waals surface area contributed by atoms with Crippen molar-refractivity contribution in [1.29, 1.82) is 0 Å². The van der Waals surface area contributed by atoms with Crippen molar-refractivity contribution < 1.29 is 23.0 Å². The van der Waals surface area contributed by atoms with Crippen LogP contribution in [0.5, 0.6) is 11.6 Å². The number of ether oxygens (including phenoxy) is 1. The van der Waals surface area contributed by atoms with Crippen LogP contribution in [0.2, 0.25) is 0 Å². The number of nitrogens with zero attached hydrogens (tertiary/aromatic N) is 2. The summed E-state index contributed by atoms with van der Waals surface area (Å²) in [4.78, 5) is 0. The number of methoxy groups -OCH3 is 1. The van der Waals surface area contributed by atoms with Gasteiger partial charge in [0.1, 0.15) is 5.75 Å². The van der Waals surface area contributed by atoms with Crippen LogP contribution >= 0.6 is 0 Å². The summed E-state index contributed by atoms with van der Waals surface area (Å²) in [5, 5.41) is 14.3. The van der Waals surface area contributed by atoms with Crippen molar-refractivity contribution in [2.75, 3.05) is 7.11 Å². The molecule has 3 rings (SSSR count). The second-order valence-electron chi connectivity index (χ2n) is 5.48. The molecule has 0 atom stereocenters. The highest BCUT2D eigenvalue weighted by atomic mass is 19.4. The molecule has 0 spiro atoms. The van der Waals surface area contributed by atoms with Gasteiger partial charge in [0.2, 0.25) is 5.88 Å². The van der Waals surface area contributed by atoms with Crippen molar-refractivity contribution in [3.05, 3.63) is 71.4 Å². The van der Waals surface area contributed by atoms with Crippen molar-refractivity contribution in [2.24, 2.45) is 0 Å². The monoisotopic (exact) mass is 348 g/mol. The van der Waals surface area contributed by atoms with Crippen LogP contribution in [0.25, 0.3) is 5.69 Å². The molecule has 2 aromatic carbocycles. The third-order valence-electron chi connectivity index (χ3n) is 3.79. The molecule has 3 aromatic rings. The van der Waals surface area contributed by atoms with E-state index in [1.165, 1.54) is 18.3 Å². The number of hydrogen-bond acceptors (Lipinski definition) is 3. The van der Waals surface area contributed by atoms with E-state index in [1.807, 2.05) is 12.1 Å². The third-order valence-corrected chi connectivity index (χ3v) is 3.79. The maximum Gasteiger partial charge on any atom is 0.416 e. The van der Waals surface area contributed by atoms with Crippen molar-refractivity contribution in [1.82, 2.24) is 9.78 Å². The molecule has 0 radical (unpaired) electrons. The molecular weight excluding hydrogens is 333 g/mol. The lowest BCUT2D eigenvalue weighted by atomic mass is 10.1. The van der Waals surface area contributed by atoms with E-state index in [1.54, 1.807) is 19.2 Å². The summed E-state index contributed by atoms with van der Waals surface area (Å²) in [6.45, 7) is 0. The molecule has 0 saturated carbocycles. The molecule has 1 aromatic heterocycles. The summed E-state index contributed by atoms with van der Waals surface area (Å²) in [6.07, 6.45) is -2.61. The largest absolute Gasteiger partial charge is 0.497 e. The van der Waals surface area contributed by atoms with Gasteiger partial charge in [0.15, 0.2) is 0 Å². The zero-order chi connectivity index (χ0) is 18.0. The first kappa shape index (κ1) is 16.9. The number of rotatable bonds is 4. The van der Waals surface area contributed by atoms with Crippen LogP contribution in [0.4, 0.5) is 13.2 Å². The van der Waals surface area contributed by atoms with Crippen LogP contribution in [0.1, 0.15) is 16.7 Å². The van der Waals surface area contributed by atoms with Gasteiger partial charge >= 0.3 is 6.18 Å². The Bertz CT molecular complexity index is 871. The summed E-state index contributed by atoms with van der Waals surface area (Å²) in [6, 6.07) is 11.9. The standard InChI is InChI=1S/C18H15F3N2O2/c1-25-16-7-5-12(6-8-16)9-13-11-22-23(17(13)24)15-4-2-3-14(10-15)18(19,20)21/h2-8,10-11,24H,9H2,1H3. The highest BCUT2D eigenvalue weighted by molar-refractivity contribution is 5.42. The number of halogens is 3. The number of alkyl halides is 3. The molecule has 0 aliphatic rings. The smallest absolute Gasteiger partial charge is 0.416 e. The number of aromatic hydroxyl groups is 1. The minimum Gasteiger partial charge on any atom is -0.497 e. The summed E-state index contributed by atoms with van der Waals surface area (Å²) in [7, 11) is 1.57. The Morgan fingerprint density at radius 2 is 1.84 bits per heavy atom. The first-order valence-electron chi connectivity index (χ1n) is 7.45. The Kier molecular flexibility index (Phi) is 4.39. The van der Waals surface area contributed by atoms with Gasteiger partial charge < -0.3 is 9.84 Å². The Balaban J connectivity index is 1.88. The fourth-order valence-corrected chi connectivity index (χ4v) is 2.47. The molecule has 0 fully saturated rings. The second-order valence-corrected chi connectivity index (χ2v) is 5.48. The fourth-order valence-electron chi connectivity index (χ4n) is 2.47. The average Bonchev–Trinajstić information content (AvgIpc) is 2.96. The number of hydrogen-bond donors (Lipinski definition) is 1. The van der Waals surface area contributed by atoms with Gasteiger partial charge in [0.05, 0.1) is 24.6 Å². The first-order chi connectivity index (χ1) is 11.9. The molecule has 7 heteroatoms. The van der Waals surface area contributed by atoms with Crippen molar-refractivity contribution in [3.8, 4) is 17.3 Å². The van der Waals surface area contributed by atoms with Crippen LogP contribution in [-0.2, 0) is 12.6 Å². The van der Waals surface area contributed by atoms with Crippen molar-refractivity contribution in [2.45, 2.75) is 12.6 Å². The van der Waals surface area contributed by atoms with Crippen LogP contribution in [0.3, 0.4) is 0 Å². The highest BCUT2D eigenvalue weighted by Crippen LogP contribution is 2.31. The minimum atomic E-state index is -4.45. The van der Waals surface area contributed by atoms with E-state index in [2.05, 4.69) is 5.10 Å². The van der Waals surface area contributed by atoms with Gasteiger partial charge in [-0.05, 0) is 35.9 Å². The molecule has 130 valence electrons. The van der Waals surface area contributed by atoms with Gasteiger partial charge in [-0.15, -0.1) is 0 Å². The number of benzene rings is 2. The van der Waals surface area contributed by atoms with Crippen LogP contribution < -0.4 is 4.74 Å². The third kappa shape index (κ3) is 3.60. The lowest BCUT2D eigenvalue weighted by molar-refractivity contribution is -0.137. The van der Waals surface area contributed by atoms with E-state index >= 15 is 0 Å². The van der Waals surface area contributed by atoms with E-state index in [0.29, 0.717) is 17.7 Å². The molecule has 0 unspecified atom stereocenters. The fraction of sp³-hybridized carbons (Fsp3) is 0.167. The molecule has 0 aliphatic heterocycles. The lowest BCUT2D eigenvalue weighted by Gasteiger charge is -2.09. The molecule has 0 saturated heterocycles. The molecular formula is C18H15F3N2O2. The lowest BCUT2D eigenvalue weighted by Crippen LogP contribution is -2.06. The van der Waals surface area contributed by atoms with Crippen LogP contribution in [0.15, 0.2) is 54.7 Å². The van der Waals surface area contributed by atoms with Gasteiger partial charge in [-0.2, -0.15) is 18.3 Å². The SMILES string of the molecule is COc1ccc(Cc2cnn(-c3cccc(C(F)(F)F)c3)c2O)cc1. The quantitative estimate of drug-likeness (QED) is 0.769. The summed E-state index contributed by atoms with van der Waals surface area (Å²) in [5.41, 5.74) is 0.784. The van der Waals surface area contributed by atoms with Crippen molar-refractivity contribution >= 4 is 0 Å². The summed E-state index contributed by atoms with van der Waals surface area (Å²) >= 11 is 0. The molecule has 0 aliphatic carbocycles. The van der Waals surface area contributed by atoms with Crippen LogP contribution in [0, 0.1) is 0 Å². The maximum atomic E-state index is 12.8. The molecule has 0 bridgehead atoms. The molecule has 1 N–H and O–H groups in total. The maximum absolute atomic E-state index is 12.8. The van der Waals surface area contributed by atoms with Gasteiger partial charge in [0.25, 0.3) is 0 Å². The van der Waals surface area contributed by atoms with Gasteiger partial charge in [-0.1, -0.05) is 18.2 Å². The zero-order valence-electron chi connectivity index (χ0n) is 13.3. The number of aromatic nitrogens is 2. The minimum absolute atomic E-state index is 0.147. The molecule has 0 amide bonds. The van der Waals surface area contributed by atoms with Gasteiger partial charge in [-0.25, -0.2) is 4.68 Å². The first-order valence-corrected chi connectivity index (χ1v) is 7.45. The molecule has 25 heavy (non-hydrogen) atoms. The Morgan fingerprint density at radius 3 is 2.48 bits per heavy atom. The van der Waals surface area contributed by atoms with E-state index in [-0.39, 0.29) is 11.6 Å². The van der Waals surface area contributed by atoms with E-state index in [4.69, 9.17) is 4.74 Å². The van der Waals surface area contributed by atoms with E-state index in [9.17, 15) is 18.3 Å². The Morgan fingerprint density at radius 1 is 1.12 bits per heavy atom. The Hall–Kier alpha value is -2.96. The predicted molar refractivity (Wildman–Crippen MR) is 86.0 cm³/mol.